The van der Waals surface area contributed by atoms with E-state index in [0.717, 1.165) is 33.8 Å². The zero-order valence-corrected chi connectivity index (χ0v) is 14.1. The SMILES string of the molecule is CNc1nc(Nc2ccccc2C)c2cnn(-c3ccccc3)c2n1. The van der Waals surface area contributed by atoms with E-state index in [4.69, 9.17) is 0 Å². The number of fused-ring (bicyclic) bond motifs is 1. The molecule has 0 aliphatic carbocycles. The number of benzene rings is 2. The lowest BCUT2D eigenvalue weighted by Crippen LogP contribution is -2.04. The number of hydrogen-bond acceptors (Lipinski definition) is 5. The van der Waals surface area contributed by atoms with E-state index in [-0.39, 0.29) is 0 Å². The zero-order chi connectivity index (χ0) is 17.2. The molecule has 2 aromatic heterocycles. The molecular formula is C19H18N6. The summed E-state index contributed by atoms with van der Waals surface area (Å²) in [5.41, 5.74) is 3.87. The highest BCUT2D eigenvalue weighted by Gasteiger charge is 2.14. The van der Waals surface area contributed by atoms with E-state index in [2.05, 4.69) is 38.7 Å². The van der Waals surface area contributed by atoms with Gasteiger partial charge in [0.25, 0.3) is 0 Å². The van der Waals surface area contributed by atoms with Gasteiger partial charge >= 0.3 is 0 Å². The fraction of sp³-hybridized carbons (Fsp3) is 0.105. The molecule has 25 heavy (non-hydrogen) atoms. The highest BCUT2D eigenvalue weighted by atomic mass is 15.3. The number of para-hydroxylation sites is 2. The zero-order valence-electron chi connectivity index (χ0n) is 14.1. The second-order valence-corrected chi connectivity index (χ2v) is 5.71. The second kappa shape index (κ2) is 6.24. The third-order valence-electron chi connectivity index (χ3n) is 4.05. The summed E-state index contributed by atoms with van der Waals surface area (Å²) < 4.78 is 1.82. The Morgan fingerprint density at radius 3 is 2.44 bits per heavy atom. The molecule has 4 rings (SSSR count). The first kappa shape index (κ1) is 15.1. The van der Waals surface area contributed by atoms with Crippen molar-refractivity contribution < 1.29 is 0 Å². The highest BCUT2D eigenvalue weighted by Crippen LogP contribution is 2.27. The van der Waals surface area contributed by atoms with E-state index in [1.54, 1.807) is 6.20 Å². The Morgan fingerprint density at radius 2 is 1.68 bits per heavy atom. The summed E-state index contributed by atoms with van der Waals surface area (Å²) in [6.45, 7) is 2.06. The number of nitrogens with zero attached hydrogens (tertiary/aromatic N) is 4. The Morgan fingerprint density at radius 1 is 0.920 bits per heavy atom. The van der Waals surface area contributed by atoms with Gasteiger partial charge in [-0.15, -0.1) is 0 Å². The van der Waals surface area contributed by atoms with Crippen molar-refractivity contribution in [1.82, 2.24) is 19.7 Å². The van der Waals surface area contributed by atoms with E-state index in [1.165, 1.54) is 0 Å². The summed E-state index contributed by atoms with van der Waals surface area (Å²) in [4.78, 5) is 9.17. The lowest BCUT2D eigenvalue weighted by atomic mass is 10.2. The van der Waals surface area contributed by atoms with Gasteiger partial charge in [0, 0.05) is 12.7 Å². The van der Waals surface area contributed by atoms with Gasteiger partial charge in [-0.25, -0.2) is 4.68 Å². The van der Waals surface area contributed by atoms with Gasteiger partial charge in [0.1, 0.15) is 5.82 Å². The maximum Gasteiger partial charge on any atom is 0.226 e. The van der Waals surface area contributed by atoms with Gasteiger partial charge in [0.2, 0.25) is 5.95 Å². The lowest BCUT2D eigenvalue weighted by Gasteiger charge is -2.11. The van der Waals surface area contributed by atoms with E-state index in [9.17, 15) is 0 Å². The molecule has 0 bridgehead atoms. The van der Waals surface area contributed by atoms with Gasteiger partial charge in [-0.05, 0) is 30.7 Å². The van der Waals surface area contributed by atoms with Crippen LogP contribution < -0.4 is 10.6 Å². The molecule has 6 nitrogen and oxygen atoms in total. The molecule has 0 unspecified atom stereocenters. The van der Waals surface area contributed by atoms with Crippen molar-refractivity contribution in [3.05, 3.63) is 66.4 Å². The number of nitrogens with one attached hydrogen (secondary N) is 2. The van der Waals surface area contributed by atoms with Gasteiger partial charge in [0.05, 0.1) is 17.3 Å². The molecule has 0 saturated heterocycles. The molecule has 0 aliphatic heterocycles. The van der Waals surface area contributed by atoms with Gasteiger partial charge in [-0.3, -0.25) is 0 Å². The second-order valence-electron chi connectivity index (χ2n) is 5.71. The monoisotopic (exact) mass is 330 g/mol. The first-order valence-electron chi connectivity index (χ1n) is 8.08. The summed E-state index contributed by atoms with van der Waals surface area (Å²) in [7, 11) is 1.81. The average Bonchev–Trinajstić information content (AvgIpc) is 3.08. The molecule has 0 spiro atoms. The third kappa shape index (κ3) is 2.78. The van der Waals surface area contributed by atoms with Crippen molar-refractivity contribution in [3.8, 4) is 5.69 Å². The molecule has 2 aromatic carbocycles. The van der Waals surface area contributed by atoms with Crippen molar-refractivity contribution in [2.75, 3.05) is 17.7 Å². The molecule has 0 fully saturated rings. The fourth-order valence-electron chi connectivity index (χ4n) is 2.71. The summed E-state index contributed by atoms with van der Waals surface area (Å²) in [5, 5.41) is 11.8. The number of aryl methyl sites for hydroxylation is 1. The standard InChI is InChI=1S/C19H18N6/c1-13-8-6-7-11-16(13)22-17-15-12-21-25(14-9-4-3-5-10-14)18(15)24-19(20-2)23-17/h3-12H,1-2H3,(H2,20,22,23,24). The first-order valence-corrected chi connectivity index (χ1v) is 8.08. The van der Waals surface area contributed by atoms with Crippen LogP contribution in [-0.2, 0) is 0 Å². The number of aromatic nitrogens is 4. The minimum Gasteiger partial charge on any atom is -0.357 e. The average molecular weight is 330 g/mol. The molecule has 0 saturated carbocycles. The smallest absolute Gasteiger partial charge is 0.226 e. The summed E-state index contributed by atoms with van der Waals surface area (Å²) >= 11 is 0. The highest BCUT2D eigenvalue weighted by molar-refractivity contribution is 5.90. The van der Waals surface area contributed by atoms with Crippen LogP contribution in [0.4, 0.5) is 17.5 Å². The Bertz CT molecular complexity index is 1020. The van der Waals surface area contributed by atoms with Crippen LogP contribution in [0.5, 0.6) is 0 Å². The maximum absolute atomic E-state index is 4.59. The number of hydrogen-bond donors (Lipinski definition) is 2. The maximum atomic E-state index is 4.59. The normalized spacial score (nSPS) is 10.8. The minimum absolute atomic E-state index is 0.543. The van der Waals surface area contributed by atoms with E-state index < -0.39 is 0 Å². The van der Waals surface area contributed by atoms with Crippen LogP contribution >= 0.6 is 0 Å². The molecule has 2 N–H and O–H groups in total. The molecule has 0 amide bonds. The van der Waals surface area contributed by atoms with Crippen LogP contribution in [0.15, 0.2) is 60.8 Å². The Balaban J connectivity index is 1.87. The summed E-state index contributed by atoms with van der Waals surface area (Å²) in [5.74, 6) is 1.27. The van der Waals surface area contributed by atoms with Crippen LogP contribution in [0.25, 0.3) is 16.7 Å². The summed E-state index contributed by atoms with van der Waals surface area (Å²) in [6, 6.07) is 18.1. The van der Waals surface area contributed by atoms with E-state index in [1.807, 2.05) is 60.3 Å². The quantitative estimate of drug-likeness (QED) is 0.594. The largest absolute Gasteiger partial charge is 0.357 e. The predicted molar refractivity (Wildman–Crippen MR) is 101 cm³/mol. The molecule has 124 valence electrons. The van der Waals surface area contributed by atoms with Gasteiger partial charge in [-0.2, -0.15) is 15.1 Å². The van der Waals surface area contributed by atoms with Crippen LogP contribution in [0, 0.1) is 6.92 Å². The molecule has 0 atom stereocenters. The number of anilines is 3. The van der Waals surface area contributed by atoms with E-state index >= 15 is 0 Å². The van der Waals surface area contributed by atoms with Crippen LogP contribution in [-0.4, -0.2) is 26.8 Å². The van der Waals surface area contributed by atoms with Crippen LogP contribution in [0.1, 0.15) is 5.56 Å². The Kier molecular flexibility index (Phi) is 3.78. The Hall–Kier alpha value is -3.41. The Labute approximate surface area is 145 Å². The van der Waals surface area contributed by atoms with Crippen LogP contribution in [0.3, 0.4) is 0 Å². The van der Waals surface area contributed by atoms with Crippen molar-refractivity contribution in [2.45, 2.75) is 6.92 Å². The predicted octanol–water partition coefficient (Wildman–Crippen LogP) is 3.91. The molecule has 6 heteroatoms. The first-order chi connectivity index (χ1) is 12.3. The third-order valence-corrected chi connectivity index (χ3v) is 4.05. The summed E-state index contributed by atoms with van der Waals surface area (Å²) in [6.07, 6.45) is 1.79. The van der Waals surface area contributed by atoms with Crippen LogP contribution in [0.2, 0.25) is 0 Å². The molecule has 0 radical (unpaired) electrons. The van der Waals surface area contributed by atoms with Crippen molar-refractivity contribution >= 4 is 28.5 Å². The molecule has 4 aromatic rings. The van der Waals surface area contributed by atoms with Crippen molar-refractivity contribution in [3.63, 3.8) is 0 Å². The number of rotatable bonds is 4. The van der Waals surface area contributed by atoms with Gasteiger partial charge < -0.3 is 10.6 Å². The topological polar surface area (TPSA) is 67.7 Å². The van der Waals surface area contributed by atoms with Gasteiger partial charge in [-0.1, -0.05) is 36.4 Å². The molecular weight excluding hydrogens is 312 g/mol. The molecule has 2 heterocycles. The van der Waals surface area contributed by atoms with Crippen molar-refractivity contribution in [2.24, 2.45) is 0 Å². The fourth-order valence-corrected chi connectivity index (χ4v) is 2.71. The van der Waals surface area contributed by atoms with Gasteiger partial charge in [0.15, 0.2) is 5.65 Å². The van der Waals surface area contributed by atoms with E-state index in [0.29, 0.717) is 5.95 Å². The molecule has 0 aliphatic rings. The minimum atomic E-state index is 0.543. The van der Waals surface area contributed by atoms with Crippen molar-refractivity contribution in [1.29, 1.82) is 0 Å². The lowest BCUT2D eigenvalue weighted by molar-refractivity contribution is 0.896.